The molecule has 1 N–H and O–H groups in total. The molecule has 0 amide bonds. The largest absolute Gasteiger partial charge is 0.313 e. The molecule has 0 aliphatic rings. The molecule has 0 atom stereocenters. The molecule has 0 aliphatic carbocycles. The van der Waals surface area contributed by atoms with E-state index >= 15 is 0 Å². The van der Waals surface area contributed by atoms with E-state index in [1.54, 1.807) is 10.9 Å². The van der Waals surface area contributed by atoms with E-state index in [1.165, 1.54) is 12.1 Å². The van der Waals surface area contributed by atoms with Gasteiger partial charge < -0.3 is 5.32 Å². The van der Waals surface area contributed by atoms with Crippen molar-refractivity contribution < 1.29 is 8.78 Å². The number of aromatic nitrogens is 2. The lowest BCUT2D eigenvalue weighted by Gasteiger charge is -2.09. The quantitative estimate of drug-likeness (QED) is 0.629. The van der Waals surface area contributed by atoms with E-state index < -0.39 is 11.6 Å². The highest BCUT2D eigenvalue weighted by Gasteiger charge is 2.15. The fourth-order valence-electron chi connectivity index (χ4n) is 2.08. The van der Waals surface area contributed by atoms with Gasteiger partial charge in [-0.2, -0.15) is 5.10 Å². The van der Waals surface area contributed by atoms with E-state index in [2.05, 4.69) is 33.3 Å². The molecule has 0 unspecified atom stereocenters. The van der Waals surface area contributed by atoms with E-state index in [1.807, 2.05) is 6.92 Å². The fourth-order valence-corrected chi connectivity index (χ4v) is 2.45. The van der Waals surface area contributed by atoms with Crippen LogP contribution < -0.4 is 5.32 Å². The Kier molecular flexibility index (Phi) is 5.47. The first-order chi connectivity index (χ1) is 10.0. The van der Waals surface area contributed by atoms with Crippen LogP contribution in [0.2, 0.25) is 0 Å². The highest BCUT2D eigenvalue weighted by Crippen LogP contribution is 2.23. The van der Waals surface area contributed by atoms with Gasteiger partial charge in [-0.25, -0.2) is 8.78 Å². The van der Waals surface area contributed by atoms with Crippen molar-refractivity contribution >= 4 is 15.9 Å². The van der Waals surface area contributed by atoms with Gasteiger partial charge in [0.25, 0.3) is 0 Å². The Bertz CT molecular complexity index is 626. The van der Waals surface area contributed by atoms with Gasteiger partial charge in [-0.1, -0.05) is 6.92 Å². The van der Waals surface area contributed by atoms with Crippen LogP contribution in [0.5, 0.6) is 0 Å². The van der Waals surface area contributed by atoms with E-state index in [0.717, 1.165) is 24.2 Å². The lowest BCUT2D eigenvalue weighted by molar-refractivity contribution is 0.525. The van der Waals surface area contributed by atoms with Crippen molar-refractivity contribution in [1.82, 2.24) is 15.1 Å². The van der Waals surface area contributed by atoms with E-state index in [4.69, 9.17) is 0 Å². The number of hydrogen-bond acceptors (Lipinski definition) is 2. The Morgan fingerprint density at radius 1 is 1.33 bits per heavy atom. The summed E-state index contributed by atoms with van der Waals surface area (Å²) in [5.74, 6) is -1.13. The van der Waals surface area contributed by atoms with Crippen molar-refractivity contribution in [2.45, 2.75) is 33.4 Å². The molecule has 0 fully saturated rings. The highest BCUT2D eigenvalue weighted by molar-refractivity contribution is 9.10. The molecule has 6 heteroatoms. The summed E-state index contributed by atoms with van der Waals surface area (Å²) in [5, 5.41) is 7.52. The lowest BCUT2D eigenvalue weighted by Crippen LogP contribution is -2.14. The second-order valence-electron chi connectivity index (χ2n) is 4.91. The average molecular weight is 358 g/mol. The van der Waals surface area contributed by atoms with Gasteiger partial charge in [0.1, 0.15) is 11.6 Å². The number of halogens is 3. The molecule has 0 saturated carbocycles. The lowest BCUT2D eigenvalue weighted by atomic mass is 10.2. The molecule has 1 aromatic heterocycles. The van der Waals surface area contributed by atoms with Crippen molar-refractivity contribution in [2.75, 3.05) is 6.54 Å². The second kappa shape index (κ2) is 7.13. The predicted octanol–water partition coefficient (Wildman–Crippen LogP) is 3.78. The molecule has 0 saturated heterocycles. The zero-order valence-corrected chi connectivity index (χ0v) is 13.7. The predicted molar refractivity (Wildman–Crippen MR) is 82.1 cm³/mol. The summed E-state index contributed by atoms with van der Waals surface area (Å²) in [7, 11) is 0. The van der Waals surface area contributed by atoms with E-state index in [-0.39, 0.29) is 16.6 Å². The van der Waals surface area contributed by atoms with Crippen molar-refractivity contribution in [3.05, 3.63) is 51.3 Å². The molecular formula is C15H18BrF2N3. The zero-order valence-electron chi connectivity index (χ0n) is 12.1. The number of nitrogens with one attached hydrogen (secondary N) is 1. The summed E-state index contributed by atoms with van der Waals surface area (Å²) >= 11 is 3.08. The minimum atomic E-state index is -0.574. The molecule has 0 spiro atoms. The molecule has 3 nitrogen and oxygen atoms in total. The monoisotopic (exact) mass is 357 g/mol. The van der Waals surface area contributed by atoms with Crippen LogP contribution >= 0.6 is 15.9 Å². The first-order valence-corrected chi connectivity index (χ1v) is 7.68. The van der Waals surface area contributed by atoms with Gasteiger partial charge in [0.15, 0.2) is 0 Å². The maximum absolute atomic E-state index is 14.0. The summed E-state index contributed by atoms with van der Waals surface area (Å²) in [4.78, 5) is 0. The first kappa shape index (κ1) is 16.1. The zero-order chi connectivity index (χ0) is 15.4. The van der Waals surface area contributed by atoms with Crippen LogP contribution in [-0.4, -0.2) is 16.3 Å². The smallest absolute Gasteiger partial charge is 0.145 e. The van der Waals surface area contributed by atoms with Crippen LogP contribution in [0.4, 0.5) is 8.78 Å². The van der Waals surface area contributed by atoms with Crippen LogP contribution in [0.3, 0.4) is 0 Å². The average Bonchev–Trinajstić information content (AvgIpc) is 2.81. The van der Waals surface area contributed by atoms with E-state index in [0.29, 0.717) is 6.54 Å². The Morgan fingerprint density at radius 2 is 2.10 bits per heavy atom. The van der Waals surface area contributed by atoms with Crippen LogP contribution in [0, 0.1) is 18.6 Å². The summed E-state index contributed by atoms with van der Waals surface area (Å²) < 4.78 is 29.7. The van der Waals surface area contributed by atoms with Crippen molar-refractivity contribution in [1.29, 1.82) is 0 Å². The molecule has 0 bridgehead atoms. The van der Waals surface area contributed by atoms with Gasteiger partial charge in [0.2, 0.25) is 0 Å². The highest BCUT2D eigenvalue weighted by atomic mass is 79.9. The molecule has 1 aromatic carbocycles. The van der Waals surface area contributed by atoms with Gasteiger partial charge in [-0.3, -0.25) is 4.68 Å². The van der Waals surface area contributed by atoms with Crippen molar-refractivity contribution in [3.8, 4) is 0 Å². The maximum atomic E-state index is 14.0. The molecule has 2 rings (SSSR count). The van der Waals surface area contributed by atoms with Gasteiger partial charge in [-0.15, -0.1) is 0 Å². The molecule has 1 heterocycles. The van der Waals surface area contributed by atoms with Gasteiger partial charge in [0.05, 0.1) is 17.2 Å². The normalized spacial score (nSPS) is 11.1. The first-order valence-electron chi connectivity index (χ1n) is 6.89. The van der Waals surface area contributed by atoms with Gasteiger partial charge in [0, 0.05) is 23.4 Å². The maximum Gasteiger partial charge on any atom is 0.145 e. The third-order valence-corrected chi connectivity index (χ3v) is 4.01. The van der Waals surface area contributed by atoms with Gasteiger partial charge >= 0.3 is 0 Å². The Morgan fingerprint density at radius 3 is 2.81 bits per heavy atom. The van der Waals surface area contributed by atoms with Crippen molar-refractivity contribution in [3.63, 3.8) is 0 Å². The summed E-state index contributed by atoms with van der Waals surface area (Å²) in [6.45, 7) is 5.73. The summed E-state index contributed by atoms with van der Waals surface area (Å²) in [5.41, 5.74) is 1.97. The molecule has 21 heavy (non-hydrogen) atoms. The van der Waals surface area contributed by atoms with Crippen LogP contribution in [0.15, 0.2) is 22.8 Å². The molecule has 0 aliphatic heterocycles. The Labute approximate surface area is 131 Å². The van der Waals surface area contributed by atoms with Crippen LogP contribution in [0.25, 0.3) is 0 Å². The summed E-state index contributed by atoms with van der Waals surface area (Å²) in [6.07, 6.45) is 2.80. The number of nitrogens with zero attached hydrogens (tertiary/aromatic N) is 2. The number of hydrogen-bond donors (Lipinski definition) is 1. The third-order valence-electron chi connectivity index (χ3n) is 3.39. The number of rotatable bonds is 6. The van der Waals surface area contributed by atoms with Crippen molar-refractivity contribution in [2.24, 2.45) is 0 Å². The minimum Gasteiger partial charge on any atom is -0.313 e. The molecule has 2 aromatic rings. The number of benzene rings is 1. The van der Waals surface area contributed by atoms with Gasteiger partial charge in [-0.05, 0) is 48.0 Å². The molecule has 114 valence electrons. The Hall–Kier alpha value is -1.27. The standard InChI is InChI=1S/C15H18BrF2N3/c1-3-6-19-7-11-8-20-21(10(11)2)9-12-14(17)5-4-13(16)15(12)18/h4-5,8,19H,3,6-7,9H2,1-2H3. The Balaban J connectivity index is 2.19. The third kappa shape index (κ3) is 3.68. The molecular weight excluding hydrogens is 340 g/mol. The van der Waals surface area contributed by atoms with Crippen LogP contribution in [0.1, 0.15) is 30.2 Å². The fraction of sp³-hybridized carbons (Fsp3) is 0.400. The van der Waals surface area contributed by atoms with Crippen LogP contribution in [-0.2, 0) is 13.1 Å². The minimum absolute atomic E-state index is 0.0173. The SMILES string of the molecule is CCCNCc1cnn(Cc2c(F)ccc(Br)c2F)c1C. The second-order valence-corrected chi connectivity index (χ2v) is 5.77. The molecule has 0 radical (unpaired) electrons. The topological polar surface area (TPSA) is 29.9 Å². The van der Waals surface area contributed by atoms with E-state index in [9.17, 15) is 8.78 Å². The summed E-state index contributed by atoms with van der Waals surface area (Å²) in [6, 6.07) is 2.62.